The molecule has 0 radical (unpaired) electrons. The average molecular weight is 531 g/mol. The minimum Gasteiger partial charge on any atom is -0.481 e. The van der Waals surface area contributed by atoms with Gasteiger partial charge < -0.3 is 29.4 Å². The van der Waals surface area contributed by atoms with E-state index >= 15 is 0 Å². The molecule has 4 heterocycles. The summed E-state index contributed by atoms with van der Waals surface area (Å²) < 4.78 is 17.3. The van der Waals surface area contributed by atoms with E-state index in [4.69, 9.17) is 42.4 Å². The molecule has 5 atom stereocenters. The number of carboxylic acid groups (broad SMARTS) is 1. The molecule has 3 aromatic rings. The first-order valence-electron chi connectivity index (χ1n) is 11.9. The molecule has 2 saturated heterocycles. The van der Waals surface area contributed by atoms with Crippen molar-refractivity contribution in [3.63, 3.8) is 0 Å². The van der Waals surface area contributed by atoms with Gasteiger partial charge in [-0.05, 0) is 36.5 Å². The maximum atomic E-state index is 11.2. The first-order chi connectivity index (χ1) is 17.4. The molecule has 1 aliphatic carbocycles. The number of ether oxygens (including phenoxy) is 3. The predicted octanol–water partition coefficient (Wildman–Crippen LogP) is 4.71. The summed E-state index contributed by atoms with van der Waals surface area (Å²) >= 11 is 13.2. The summed E-state index contributed by atoms with van der Waals surface area (Å²) in [7, 11) is 0. The number of halogens is 2. The molecule has 1 unspecified atom stereocenters. The SMILES string of the molecule is O=C(O)C1CC=C(c2ccc(-c3nc4c(Cl)c(O[C@@H]5CO[C@H]6[C@@H]5OC[C@H]6O)[nH]c4cc3Cl)cc2)CC1. The maximum Gasteiger partial charge on any atom is 0.306 e. The molecule has 0 amide bonds. The van der Waals surface area contributed by atoms with Gasteiger partial charge in [-0.2, -0.15) is 0 Å². The molecular weight excluding hydrogens is 507 g/mol. The third-order valence-electron chi connectivity index (χ3n) is 7.17. The second-order valence-electron chi connectivity index (χ2n) is 9.42. The Bertz CT molecular complexity index is 1350. The number of aliphatic hydroxyl groups excluding tert-OH is 1. The summed E-state index contributed by atoms with van der Waals surface area (Å²) in [5.41, 5.74) is 4.83. The summed E-state index contributed by atoms with van der Waals surface area (Å²) in [5.74, 6) is -0.686. The Balaban J connectivity index is 1.24. The first kappa shape index (κ1) is 23.8. The number of hydrogen-bond acceptors (Lipinski definition) is 6. The largest absolute Gasteiger partial charge is 0.481 e. The molecule has 0 saturated carbocycles. The van der Waals surface area contributed by atoms with E-state index in [0.717, 1.165) is 23.1 Å². The fourth-order valence-electron chi connectivity index (χ4n) is 5.18. The Morgan fingerprint density at radius 2 is 1.86 bits per heavy atom. The van der Waals surface area contributed by atoms with Crippen LogP contribution in [0.5, 0.6) is 5.88 Å². The Morgan fingerprint density at radius 1 is 1.11 bits per heavy atom. The Morgan fingerprint density at radius 3 is 2.58 bits per heavy atom. The Hall–Kier alpha value is -2.62. The predicted molar refractivity (Wildman–Crippen MR) is 134 cm³/mol. The van der Waals surface area contributed by atoms with Crippen molar-refractivity contribution in [1.82, 2.24) is 9.97 Å². The van der Waals surface area contributed by atoms with Crippen LogP contribution in [0.25, 0.3) is 27.9 Å². The zero-order valence-electron chi connectivity index (χ0n) is 19.1. The van der Waals surface area contributed by atoms with Crippen LogP contribution in [0.4, 0.5) is 0 Å². The van der Waals surface area contributed by atoms with Crippen LogP contribution in [-0.2, 0) is 14.3 Å². The average Bonchev–Trinajstić information content (AvgIpc) is 3.54. The molecule has 8 nitrogen and oxygen atoms in total. The molecule has 6 rings (SSSR count). The van der Waals surface area contributed by atoms with Crippen molar-refractivity contribution in [2.24, 2.45) is 5.92 Å². The topological polar surface area (TPSA) is 114 Å². The van der Waals surface area contributed by atoms with E-state index in [-0.39, 0.29) is 25.2 Å². The van der Waals surface area contributed by atoms with Crippen molar-refractivity contribution < 1.29 is 29.2 Å². The lowest BCUT2D eigenvalue weighted by atomic mass is 9.86. The number of hydrogen-bond donors (Lipinski definition) is 3. The zero-order chi connectivity index (χ0) is 25.0. The Labute approximate surface area is 216 Å². The molecule has 2 fully saturated rings. The van der Waals surface area contributed by atoms with Crippen LogP contribution in [0.3, 0.4) is 0 Å². The van der Waals surface area contributed by atoms with Crippen LogP contribution >= 0.6 is 23.2 Å². The lowest BCUT2D eigenvalue weighted by molar-refractivity contribution is -0.141. The number of aromatic nitrogens is 2. The molecule has 1 aromatic carbocycles. The molecule has 0 bridgehead atoms. The van der Waals surface area contributed by atoms with Crippen molar-refractivity contribution in [1.29, 1.82) is 0 Å². The molecule has 2 aliphatic heterocycles. The van der Waals surface area contributed by atoms with E-state index in [0.29, 0.717) is 45.5 Å². The van der Waals surface area contributed by atoms with Crippen molar-refractivity contribution in [3.8, 4) is 17.1 Å². The number of fused-ring (bicyclic) bond motifs is 2. The van der Waals surface area contributed by atoms with E-state index in [1.165, 1.54) is 0 Å². The minimum absolute atomic E-state index is 0.217. The number of nitrogens with zero attached hydrogens (tertiary/aromatic N) is 1. The Kier molecular flexibility index (Phi) is 6.17. The molecule has 0 spiro atoms. The minimum atomic E-state index is -0.736. The van der Waals surface area contributed by atoms with Crippen molar-refractivity contribution >= 4 is 45.8 Å². The monoisotopic (exact) mass is 530 g/mol. The maximum absolute atomic E-state index is 11.2. The standard InChI is InChI=1S/C26H24Cl2N2O6/c27-16-9-17-22(20(28)25(29-17)36-19-11-35-23-18(31)10-34-24(19)23)30-21(16)14-5-1-12(2-6-14)13-3-7-15(8-4-13)26(32)33/h1-3,5-6,9,15,18-19,23-24,29,31H,4,7-8,10-11H2,(H,32,33)/t15?,18-,19-,23-,24-/m1/s1. The van der Waals surface area contributed by atoms with Gasteiger partial charge in [0.05, 0.1) is 35.4 Å². The van der Waals surface area contributed by atoms with Gasteiger partial charge in [0.1, 0.15) is 28.9 Å². The summed E-state index contributed by atoms with van der Waals surface area (Å²) in [6.45, 7) is 0.506. The van der Waals surface area contributed by atoms with E-state index in [9.17, 15) is 15.0 Å². The van der Waals surface area contributed by atoms with Gasteiger partial charge in [-0.15, -0.1) is 0 Å². The number of aliphatic carboxylic acids is 1. The molecule has 10 heteroatoms. The van der Waals surface area contributed by atoms with E-state index < -0.39 is 24.3 Å². The molecule has 188 valence electrons. The van der Waals surface area contributed by atoms with E-state index in [2.05, 4.69) is 4.98 Å². The number of aliphatic hydroxyl groups is 1. The van der Waals surface area contributed by atoms with Crippen molar-refractivity contribution in [2.45, 2.75) is 43.7 Å². The highest BCUT2D eigenvalue weighted by molar-refractivity contribution is 6.38. The normalized spacial score (nSPS) is 27.8. The lowest BCUT2D eigenvalue weighted by Crippen LogP contribution is -2.34. The number of pyridine rings is 1. The van der Waals surface area contributed by atoms with Gasteiger partial charge in [0.15, 0.2) is 6.10 Å². The highest BCUT2D eigenvalue weighted by Gasteiger charge is 2.48. The number of H-pyrrole nitrogens is 1. The van der Waals surface area contributed by atoms with Gasteiger partial charge in [0.2, 0.25) is 5.88 Å². The highest BCUT2D eigenvalue weighted by Crippen LogP contribution is 2.39. The summed E-state index contributed by atoms with van der Waals surface area (Å²) in [6, 6.07) is 9.69. The number of carboxylic acids is 1. The van der Waals surface area contributed by atoms with Gasteiger partial charge in [-0.25, -0.2) is 4.98 Å². The first-order valence-corrected chi connectivity index (χ1v) is 12.6. The molecule has 3 N–H and O–H groups in total. The number of carbonyl (C=O) groups is 1. The highest BCUT2D eigenvalue weighted by atomic mass is 35.5. The van der Waals surface area contributed by atoms with E-state index in [1.54, 1.807) is 6.07 Å². The number of allylic oxidation sites excluding steroid dienone is 2. The van der Waals surface area contributed by atoms with E-state index in [1.807, 2.05) is 30.3 Å². The molecule has 3 aliphatic rings. The molecule has 2 aromatic heterocycles. The van der Waals surface area contributed by atoms with Crippen LogP contribution in [0.2, 0.25) is 10.0 Å². The van der Waals surface area contributed by atoms with Gasteiger partial charge in [-0.3, -0.25) is 4.79 Å². The zero-order valence-corrected chi connectivity index (χ0v) is 20.6. The lowest BCUT2D eigenvalue weighted by Gasteiger charge is -2.19. The number of nitrogens with one attached hydrogen (secondary N) is 1. The van der Waals surface area contributed by atoms with Crippen LogP contribution < -0.4 is 4.74 Å². The summed E-state index contributed by atoms with van der Waals surface area (Å²) in [4.78, 5) is 19.1. The third-order valence-corrected chi connectivity index (χ3v) is 7.81. The van der Waals surface area contributed by atoms with Crippen molar-refractivity contribution in [2.75, 3.05) is 13.2 Å². The summed E-state index contributed by atoms with van der Waals surface area (Å²) in [5, 5.41) is 20.0. The van der Waals surface area contributed by atoms with Crippen LogP contribution in [-0.4, -0.2) is 63.8 Å². The second-order valence-corrected chi connectivity index (χ2v) is 10.2. The van der Waals surface area contributed by atoms with Crippen molar-refractivity contribution in [3.05, 3.63) is 52.0 Å². The van der Waals surface area contributed by atoms with Crippen LogP contribution in [0.1, 0.15) is 24.8 Å². The quantitative estimate of drug-likeness (QED) is 0.437. The van der Waals surface area contributed by atoms with Gasteiger partial charge in [0, 0.05) is 5.56 Å². The third kappa shape index (κ3) is 4.17. The fraction of sp³-hybridized carbons (Fsp3) is 0.385. The number of aromatic amines is 1. The van der Waals surface area contributed by atoms with Gasteiger partial charge in [-0.1, -0.05) is 53.5 Å². The van der Waals surface area contributed by atoms with Crippen LogP contribution in [0, 0.1) is 5.92 Å². The van der Waals surface area contributed by atoms with Crippen LogP contribution in [0.15, 0.2) is 36.4 Å². The number of rotatable bonds is 5. The number of benzene rings is 1. The summed E-state index contributed by atoms with van der Waals surface area (Å²) in [6.07, 6.45) is 2.13. The molecule has 36 heavy (non-hydrogen) atoms. The smallest absolute Gasteiger partial charge is 0.306 e. The molecular formula is C26H24Cl2N2O6. The van der Waals surface area contributed by atoms with Gasteiger partial charge >= 0.3 is 5.97 Å². The fourth-order valence-corrected chi connectivity index (χ4v) is 5.68. The second kappa shape index (κ2) is 9.36. The van der Waals surface area contributed by atoms with Gasteiger partial charge in [0.25, 0.3) is 0 Å².